The molecule has 0 aromatic heterocycles. The topological polar surface area (TPSA) is 49.8 Å². The number of carboxylic acid groups (broad SMARTS) is 1. The molecule has 0 fully saturated rings. The number of hydrogen-bond donors (Lipinski definition) is 1. The van der Waals surface area contributed by atoms with Gasteiger partial charge in [-0.25, -0.2) is 0 Å². The summed E-state index contributed by atoms with van der Waals surface area (Å²) in [6, 6.07) is 25.3. The van der Waals surface area contributed by atoms with Crippen LogP contribution in [0.3, 0.4) is 0 Å². The number of rotatable bonds is 10. The third-order valence-electron chi connectivity index (χ3n) is 5.13. The van der Waals surface area contributed by atoms with Crippen LogP contribution >= 0.6 is 35.6 Å². The van der Waals surface area contributed by atoms with Crippen molar-refractivity contribution in [1.29, 1.82) is 0 Å². The number of halogens is 3. The maximum atomic E-state index is 11.5. The summed E-state index contributed by atoms with van der Waals surface area (Å²) in [5.41, 5.74) is 3.07. The fourth-order valence-corrected chi connectivity index (χ4v) is 4.33. The average Bonchev–Trinajstić information content (AvgIpc) is 2.73. The lowest BCUT2D eigenvalue weighted by Crippen LogP contribution is -2.43. The number of aliphatic carboxylic acids is 1. The molecule has 0 aliphatic heterocycles. The number of likely N-dealkylation sites (N-methyl/N-ethyl adjacent to an activating group) is 1. The van der Waals surface area contributed by atoms with E-state index in [-0.39, 0.29) is 30.9 Å². The Morgan fingerprint density at radius 2 is 1.44 bits per heavy atom. The van der Waals surface area contributed by atoms with E-state index in [1.807, 2.05) is 60.5 Å². The van der Waals surface area contributed by atoms with Crippen LogP contribution in [0, 0.1) is 0 Å². The molecule has 32 heavy (non-hydrogen) atoms. The van der Waals surface area contributed by atoms with Crippen LogP contribution in [0.1, 0.15) is 22.6 Å². The third kappa shape index (κ3) is 7.51. The second-order valence-electron chi connectivity index (χ2n) is 7.47. The number of carboxylic acids is 1. The van der Waals surface area contributed by atoms with E-state index in [9.17, 15) is 9.90 Å². The number of nitrogens with zero attached hydrogens (tertiary/aromatic N) is 1. The maximum Gasteiger partial charge on any atom is 0.317 e. The standard InChI is InChI=1S/C25H25Cl2NO3.ClH/c1-28(15-24(29)30)23(17-31-16-18-12-21(26)14-22(27)13-18)25(19-8-4-2-5-9-19)20-10-6-3-7-11-20;/h2-14,23,25H,15-17H2,1H3,(H,29,30);1H/t23-;/m1./s1. The molecule has 0 unspecified atom stereocenters. The van der Waals surface area contributed by atoms with Crippen LogP contribution in [0.2, 0.25) is 10.0 Å². The molecule has 3 aromatic carbocycles. The summed E-state index contributed by atoms with van der Waals surface area (Å²) >= 11 is 12.2. The quantitative estimate of drug-likeness (QED) is 0.367. The Kier molecular flexibility index (Phi) is 10.5. The van der Waals surface area contributed by atoms with Crippen LogP contribution in [0.4, 0.5) is 0 Å². The van der Waals surface area contributed by atoms with E-state index in [2.05, 4.69) is 24.3 Å². The average molecular weight is 495 g/mol. The third-order valence-corrected chi connectivity index (χ3v) is 5.57. The van der Waals surface area contributed by atoms with Gasteiger partial charge in [-0.3, -0.25) is 9.69 Å². The summed E-state index contributed by atoms with van der Waals surface area (Å²) in [6.07, 6.45) is 0. The molecule has 0 saturated heterocycles. The smallest absolute Gasteiger partial charge is 0.317 e. The number of benzene rings is 3. The summed E-state index contributed by atoms with van der Waals surface area (Å²) in [7, 11) is 1.82. The van der Waals surface area contributed by atoms with E-state index < -0.39 is 5.97 Å². The summed E-state index contributed by atoms with van der Waals surface area (Å²) < 4.78 is 6.07. The van der Waals surface area contributed by atoms with Crippen molar-refractivity contribution >= 4 is 41.6 Å². The van der Waals surface area contributed by atoms with E-state index in [1.165, 1.54) is 0 Å². The van der Waals surface area contributed by atoms with Gasteiger partial charge in [0.25, 0.3) is 0 Å². The molecule has 0 saturated carbocycles. The summed E-state index contributed by atoms with van der Waals surface area (Å²) in [5, 5.41) is 10.5. The lowest BCUT2D eigenvalue weighted by Gasteiger charge is -2.34. The minimum absolute atomic E-state index is 0. The molecular formula is C25H26Cl3NO3. The van der Waals surface area contributed by atoms with E-state index in [1.54, 1.807) is 6.07 Å². The fraction of sp³-hybridized carbons (Fsp3) is 0.240. The van der Waals surface area contributed by atoms with Crippen molar-refractivity contribution in [2.24, 2.45) is 0 Å². The highest BCUT2D eigenvalue weighted by Gasteiger charge is 2.29. The second kappa shape index (κ2) is 12.8. The predicted molar refractivity (Wildman–Crippen MR) is 132 cm³/mol. The van der Waals surface area contributed by atoms with E-state index >= 15 is 0 Å². The van der Waals surface area contributed by atoms with Crippen LogP contribution in [-0.2, 0) is 16.1 Å². The molecule has 1 N–H and O–H groups in total. The van der Waals surface area contributed by atoms with Gasteiger partial charge in [0.1, 0.15) is 0 Å². The van der Waals surface area contributed by atoms with Crippen LogP contribution in [0.15, 0.2) is 78.9 Å². The molecule has 0 radical (unpaired) electrons. The molecule has 4 nitrogen and oxygen atoms in total. The molecule has 0 spiro atoms. The van der Waals surface area contributed by atoms with Gasteiger partial charge in [0.15, 0.2) is 0 Å². The Hall–Kier alpha value is -2.08. The molecular weight excluding hydrogens is 469 g/mol. The molecule has 1 atom stereocenters. The monoisotopic (exact) mass is 493 g/mol. The number of hydrogen-bond acceptors (Lipinski definition) is 3. The van der Waals surface area contributed by atoms with Crippen molar-refractivity contribution in [3.05, 3.63) is 106 Å². The highest BCUT2D eigenvalue weighted by Crippen LogP contribution is 2.31. The Morgan fingerprint density at radius 1 is 0.938 bits per heavy atom. The Morgan fingerprint density at radius 3 is 1.91 bits per heavy atom. The first kappa shape index (κ1) is 26.2. The van der Waals surface area contributed by atoms with Gasteiger partial charge in [-0.1, -0.05) is 83.9 Å². The van der Waals surface area contributed by atoms with Crippen molar-refractivity contribution in [2.45, 2.75) is 18.6 Å². The van der Waals surface area contributed by atoms with E-state index in [4.69, 9.17) is 27.9 Å². The largest absolute Gasteiger partial charge is 0.480 e. The molecule has 0 aliphatic rings. The Bertz CT molecular complexity index is 926. The minimum Gasteiger partial charge on any atom is -0.480 e. The number of ether oxygens (including phenoxy) is 1. The second-order valence-corrected chi connectivity index (χ2v) is 8.34. The Labute approximate surface area is 205 Å². The van der Waals surface area contributed by atoms with Crippen LogP contribution in [0.25, 0.3) is 0 Å². The summed E-state index contributed by atoms with van der Waals surface area (Å²) in [6.45, 7) is 0.573. The predicted octanol–water partition coefficient (Wildman–Crippen LogP) is 6.15. The lowest BCUT2D eigenvalue weighted by atomic mass is 9.84. The van der Waals surface area contributed by atoms with Crippen molar-refractivity contribution in [1.82, 2.24) is 4.90 Å². The summed E-state index contributed by atoms with van der Waals surface area (Å²) in [5.74, 6) is -0.941. The molecule has 0 amide bonds. The van der Waals surface area contributed by atoms with Gasteiger partial charge in [0, 0.05) is 22.0 Å². The van der Waals surface area contributed by atoms with Crippen molar-refractivity contribution in [3.8, 4) is 0 Å². The highest BCUT2D eigenvalue weighted by molar-refractivity contribution is 6.34. The first-order valence-corrected chi connectivity index (χ1v) is 10.7. The summed E-state index contributed by atoms with van der Waals surface area (Å²) in [4.78, 5) is 13.3. The molecule has 3 aromatic rings. The van der Waals surface area contributed by atoms with Crippen LogP contribution < -0.4 is 0 Å². The first-order chi connectivity index (χ1) is 14.9. The van der Waals surface area contributed by atoms with Gasteiger partial charge >= 0.3 is 5.97 Å². The highest BCUT2D eigenvalue weighted by atomic mass is 35.5. The minimum atomic E-state index is -0.881. The van der Waals surface area contributed by atoms with Gasteiger partial charge in [-0.05, 0) is 41.9 Å². The van der Waals surface area contributed by atoms with Crippen molar-refractivity contribution < 1.29 is 14.6 Å². The molecule has 3 rings (SSSR count). The molecule has 170 valence electrons. The Balaban J connectivity index is 0.00000363. The zero-order valence-electron chi connectivity index (χ0n) is 17.7. The van der Waals surface area contributed by atoms with Gasteiger partial charge in [-0.2, -0.15) is 0 Å². The van der Waals surface area contributed by atoms with Crippen molar-refractivity contribution in [3.63, 3.8) is 0 Å². The van der Waals surface area contributed by atoms with Gasteiger partial charge in [0.05, 0.1) is 19.8 Å². The fourth-order valence-electron chi connectivity index (χ4n) is 3.76. The zero-order valence-corrected chi connectivity index (χ0v) is 20.0. The van der Waals surface area contributed by atoms with Gasteiger partial charge < -0.3 is 9.84 Å². The maximum absolute atomic E-state index is 11.5. The zero-order chi connectivity index (χ0) is 22.2. The number of carbonyl (C=O) groups is 1. The van der Waals surface area contributed by atoms with Crippen LogP contribution in [0.5, 0.6) is 0 Å². The van der Waals surface area contributed by atoms with E-state index in [0.717, 1.165) is 16.7 Å². The molecule has 0 bridgehead atoms. The molecule has 0 heterocycles. The van der Waals surface area contributed by atoms with Crippen molar-refractivity contribution in [2.75, 3.05) is 20.2 Å². The molecule has 0 aliphatic carbocycles. The molecule has 7 heteroatoms. The van der Waals surface area contributed by atoms with Crippen LogP contribution in [-0.4, -0.2) is 42.2 Å². The lowest BCUT2D eigenvalue weighted by molar-refractivity contribution is -0.138. The SMILES string of the molecule is CN(CC(=O)O)[C@H](COCc1cc(Cl)cc(Cl)c1)C(c1ccccc1)c1ccccc1.Cl. The van der Waals surface area contributed by atoms with E-state index in [0.29, 0.717) is 23.3 Å². The normalized spacial score (nSPS) is 11.9. The van der Waals surface area contributed by atoms with Gasteiger partial charge in [0.2, 0.25) is 0 Å². The van der Waals surface area contributed by atoms with Gasteiger partial charge in [-0.15, -0.1) is 12.4 Å². The first-order valence-electron chi connectivity index (χ1n) is 9.98.